The van der Waals surface area contributed by atoms with Crippen molar-refractivity contribution in [2.45, 2.75) is 5.88 Å². The quantitative estimate of drug-likeness (QED) is 0.629. The molecule has 0 aliphatic rings. The van der Waals surface area contributed by atoms with E-state index in [1.54, 1.807) is 12.4 Å². The number of rotatable bonds is 2. The average molecular weight is 357 g/mol. The first-order chi connectivity index (χ1) is 9.20. The Balaban J connectivity index is 2.31. The first-order valence-electron chi connectivity index (χ1n) is 5.53. The van der Waals surface area contributed by atoms with Gasteiger partial charge in [-0.2, -0.15) is 0 Å². The van der Waals surface area contributed by atoms with Gasteiger partial charge in [-0.1, -0.05) is 11.6 Å². The number of hydrogen-bond acceptors (Lipinski definition) is 2. The van der Waals surface area contributed by atoms with E-state index in [0.717, 1.165) is 27.0 Å². The number of pyridine rings is 1. The maximum atomic E-state index is 6.03. The SMILES string of the molecule is ClCc1nc2cnccc2n1-c1ccc(Cl)c(Br)c1. The Morgan fingerprint density at radius 2 is 2.11 bits per heavy atom. The van der Waals surface area contributed by atoms with Crippen molar-refractivity contribution in [1.82, 2.24) is 14.5 Å². The van der Waals surface area contributed by atoms with Gasteiger partial charge >= 0.3 is 0 Å². The molecule has 19 heavy (non-hydrogen) atoms. The molecule has 0 bridgehead atoms. The number of halogens is 3. The molecule has 0 aliphatic heterocycles. The number of alkyl halides is 1. The fourth-order valence-corrected chi connectivity index (χ4v) is 2.65. The maximum Gasteiger partial charge on any atom is 0.129 e. The zero-order valence-corrected chi connectivity index (χ0v) is 12.7. The van der Waals surface area contributed by atoms with Crippen LogP contribution < -0.4 is 0 Å². The van der Waals surface area contributed by atoms with Crippen molar-refractivity contribution < 1.29 is 0 Å². The molecule has 0 saturated heterocycles. The smallest absolute Gasteiger partial charge is 0.129 e. The zero-order valence-electron chi connectivity index (χ0n) is 9.65. The molecule has 2 heterocycles. The third-order valence-corrected chi connectivity index (χ3v) is 4.26. The van der Waals surface area contributed by atoms with Gasteiger partial charge in [0.25, 0.3) is 0 Å². The van der Waals surface area contributed by atoms with Crippen molar-refractivity contribution in [2.24, 2.45) is 0 Å². The summed E-state index contributed by atoms with van der Waals surface area (Å²) in [5, 5.41) is 0.669. The van der Waals surface area contributed by atoms with Gasteiger partial charge in [0.05, 0.1) is 22.6 Å². The molecule has 1 aromatic carbocycles. The van der Waals surface area contributed by atoms with Crippen molar-refractivity contribution in [1.29, 1.82) is 0 Å². The van der Waals surface area contributed by atoms with Gasteiger partial charge in [-0.25, -0.2) is 4.98 Å². The molecule has 6 heteroatoms. The summed E-state index contributed by atoms with van der Waals surface area (Å²) in [6.07, 6.45) is 3.47. The number of hydrogen-bond donors (Lipinski definition) is 0. The van der Waals surface area contributed by atoms with Crippen molar-refractivity contribution in [3.8, 4) is 5.69 Å². The van der Waals surface area contributed by atoms with E-state index in [-0.39, 0.29) is 0 Å². The highest BCUT2D eigenvalue weighted by Crippen LogP contribution is 2.28. The summed E-state index contributed by atoms with van der Waals surface area (Å²) in [7, 11) is 0. The summed E-state index contributed by atoms with van der Waals surface area (Å²) in [6, 6.07) is 7.64. The minimum atomic E-state index is 0.328. The predicted octanol–water partition coefficient (Wildman–Crippen LogP) is 4.58. The van der Waals surface area contributed by atoms with E-state index in [2.05, 4.69) is 25.9 Å². The van der Waals surface area contributed by atoms with Gasteiger partial charge in [0.2, 0.25) is 0 Å². The molecule has 0 spiro atoms. The van der Waals surface area contributed by atoms with Crippen LogP contribution in [0.15, 0.2) is 41.1 Å². The lowest BCUT2D eigenvalue weighted by atomic mass is 10.3. The molecule has 96 valence electrons. The van der Waals surface area contributed by atoms with Crippen LogP contribution in [0.5, 0.6) is 0 Å². The van der Waals surface area contributed by atoms with Crippen molar-refractivity contribution in [3.63, 3.8) is 0 Å². The molecule has 0 saturated carbocycles. The number of imidazole rings is 1. The van der Waals surface area contributed by atoms with E-state index in [4.69, 9.17) is 23.2 Å². The second-order valence-electron chi connectivity index (χ2n) is 3.96. The standard InChI is InChI=1S/C13H8BrCl2N3/c14-9-5-8(1-2-10(9)16)19-12-3-4-17-7-11(12)18-13(19)6-15/h1-5,7H,6H2. The minimum absolute atomic E-state index is 0.328. The van der Waals surface area contributed by atoms with Crippen molar-refractivity contribution in [2.75, 3.05) is 0 Å². The maximum absolute atomic E-state index is 6.03. The average Bonchev–Trinajstić information content (AvgIpc) is 2.80. The summed E-state index contributed by atoms with van der Waals surface area (Å²) in [4.78, 5) is 8.56. The molecule has 0 unspecified atom stereocenters. The van der Waals surface area contributed by atoms with Gasteiger partial charge in [0.1, 0.15) is 11.3 Å². The number of benzene rings is 1. The third-order valence-electron chi connectivity index (χ3n) is 2.81. The molecule has 3 aromatic rings. The van der Waals surface area contributed by atoms with Crippen LogP contribution in [-0.4, -0.2) is 14.5 Å². The lowest BCUT2D eigenvalue weighted by molar-refractivity contribution is 0.981. The molecule has 3 rings (SSSR count). The molecule has 0 N–H and O–H groups in total. The van der Waals surface area contributed by atoms with E-state index in [9.17, 15) is 0 Å². The van der Waals surface area contributed by atoms with E-state index < -0.39 is 0 Å². The highest BCUT2D eigenvalue weighted by atomic mass is 79.9. The van der Waals surface area contributed by atoms with E-state index >= 15 is 0 Å². The van der Waals surface area contributed by atoms with Crippen LogP contribution in [0, 0.1) is 0 Å². The molecule has 0 aliphatic carbocycles. The van der Waals surface area contributed by atoms with Gasteiger partial charge in [-0.05, 0) is 40.2 Å². The highest BCUT2D eigenvalue weighted by molar-refractivity contribution is 9.10. The molecule has 0 radical (unpaired) electrons. The van der Waals surface area contributed by atoms with Gasteiger partial charge in [-0.15, -0.1) is 11.6 Å². The Labute approximate surface area is 128 Å². The molecule has 0 fully saturated rings. The predicted molar refractivity (Wildman–Crippen MR) is 81.1 cm³/mol. The molecule has 2 aromatic heterocycles. The highest BCUT2D eigenvalue weighted by Gasteiger charge is 2.12. The fourth-order valence-electron chi connectivity index (χ4n) is 1.98. The fraction of sp³-hybridized carbons (Fsp3) is 0.0769. The van der Waals surface area contributed by atoms with Crippen LogP contribution in [-0.2, 0) is 5.88 Å². The largest absolute Gasteiger partial charge is 0.295 e. The van der Waals surface area contributed by atoms with Crippen LogP contribution in [0.4, 0.5) is 0 Å². The van der Waals surface area contributed by atoms with E-state index in [0.29, 0.717) is 10.9 Å². The topological polar surface area (TPSA) is 30.7 Å². The minimum Gasteiger partial charge on any atom is -0.295 e. The lowest BCUT2D eigenvalue weighted by Gasteiger charge is -2.08. The molecular weight excluding hydrogens is 349 g/mol. The first-order valence-corrected chi connectivity index (χ1v) is 7.24. The van der Waals surface area contributed by atoms with E-state index in [1.165, 1.54) is 0 Å². The van der Waals surface area contributed by atoms with Crippen LogP contribution in [0.25, 0.3) is 16.7 Å². The van der Waals surface area contributed by atoms with Gasteiger partial charge in [0.15, 0.2) is 0 Å². The Kier molecular flexibility index (Phi) is 3.48. The van der Waals surface area contributed by atoms with E-state index in [1.807, 2.05) is 28.8 Å². The summed E-state index contributed by atoms with van der Waals surface area (Å²) < 4.78 is 2.84. The van der Waals surface area contributed by atoms with Crippen LogP contribution in [0.1, 0.15) is 5.82 Å². The van der Waals surface area contributed by atoms with Gasteiger partial charge < -0.3 is 0 Å². The Morgan fingerprint density at radius 3 is 2.84 bits per heavy atom. The second-order valence-corrected chi connectivity index (χ2v) is 5.49. The van der Waals surface area contributed by atoms with Crippen LogP contribution >= 0.6 is 39.1 Å². The summed E-state index contributed by atoms with van der Waals surface area (Å²) in [5.74, 6) is 1.11. The van der Waals surface area contributed by atoms with Crippen molar-refractivity contribution >= 4 is 50.2 Å². The number of aromatic nitrogens is 3. The van der Waals surface area contributed by atoms with Gasteiger partial charge in [0, 0.05) is 16.4 Å². The Hall–Kier alpha value is -1.10. The number of fused-ring (bicyclic) bond motifs is 1. The normalized spacial score (nSPS) is 11.1. The molecule has 0 atom stereocenters. The van der Waals surface area contributed by atoms with Gasteiger partial charge in [-0.3, -0.25) is 9.55 Å². The summed E-state index contributed by atoms with van der Waals surface area (Å²) in [6.45, 7) is 0. The van der Waals surface area contributed by atoms with Crippen LogP contribution in [0.2, 0.25) is 5.02 Å². The zero-order chi connectivity index (χ0) is 13.4. The Bertz CT molecular complexity index is 755. The lowest BCUT2D eigenvalue weighted by Crippen LogP contribution is -1.99. The number of nitrogens with zero attached hydrogens (tertiary/aromatic N) is 3. The second kappa shape index (κ2) is 5.12. The molecular formula is C13H8BrCl2N3. The van der Waals surface area contributed by atoms with Crippen molar-refractivity contribution in [3.05, 3.63) is 52.0 Å². The summed E-state index contributed by atoms with van der Waals surface area (Å²) >= 11 is 15.4. The molecule has 3 nitrogen and oxygen atoms in total. The Morgan fingerprint density at radius 1 is 1.26 bits per heavy atom. The summed E-state index contributed by atoms with van der Waals surface area (Å²) in [5.41, 5.74) is 2.75. The monoisotopic (exact) mass is 355 g/mol. The van der Waals surface area contributed by atoms with Crippen LogP contribution in [0.3, 0.4) is 0 Å². The third kappa shape index (κ3) is 2.24. The molecule has 0 amide bonds. The first kappa shape index (κ1) is 12.9.